The van der Waals surface area contributed by atoms with E-state index >= 15 is 0 Å². The molecule has 1 aliphatic heterocycles. The van der Waals surface area contributed by atoms with E-state index in [0.29, 0.717) is 18.9 Å². The number of aromatic nitrogens is 3. The Morgan fingerprint density at radius 2 is 2.15 bits per heavy atom. The number of hydrazine groups is 1. The molecule has 0 saturated carbocycles. The number of hydrogen-bond donors (Lipinski definition) is 3. The van der Waals surface area contributed by atoms with Gasteiger partial charge in [0, 0.05) is 37.8 Å². The number of aliphatic hydroxyl groups is 1. The van der Waals surface area contributed by atoms with Crippen molar-refractivity contribution in [2.45, 2.75) is 25.1 Å². The number of halogens is 2. The van der Waals surface area contributed by atoms with E-state index in [-0.39, 0.29) is 18.7 Å². The van der Waals surface area contributed by atoms with Gasteiger partial charge in [-0.15, -0.1) is 0 Å². The first-order chi connectivity index (χ1) is 12.8. The molecule has 1 aliphatic rings. The molecule has 0 unspecified atom stereocenters. The van der Waals surface area contributed by atoms with Gasteiger partial charge >= 0.3 is 0 Å². The van der Waals surface area contributed by atoms with Crippen molar-refractivity contribution in [2.75, 3.05) is 26.7 Å². The van der Waals surface area contributed by atoms with E-state index in [0.717, 1.165) is 12.1 Å². The van der Waals surface area contributed by atoms with Crippen molar-refractivity contribution in [3.05, 3.63) is 48.1 Å². The molecule has 2 atom stereocenters. The molecule has 2 heterocycles. The van der Waals surface area contributed by atoms with Crippen molar-refractivity contribution in [3.8, 4) is 0 Å². The van der Waals surface area contributed by atoms with Crippen LogP contribution in [0.5, 0.6) is 0 Å². The maximum atomic E-state index is 14.6. The van der Waals surface area contributed by atoms with E-state index in [4.69, 9.17) is 5.41 Å². The number of piperazine rings is 1. The Morgan fingerprint density at radius 1 is 1.37 bits per heavy atom. The van der Waals surface area contributed by atoms with Crippen LogP contribution in [0.15, 0.2) is 30.9 Å². The zero-order chi connectivity index (χ0) is 19.6. The summed E-state index contributed by atoms with van der Waals surface area (Å²) in [6.07, 6.45) is 2.76. The van der Waals surface area contributed by atoms with E-state index in [1.807, 2.05) is 4.90 Å². The van der Waals surface area contributed by atoms with Crippen molar-refractivity contribution >= 4 is 5.84 Å². The lowest BCUT2D eigenvalue weighted by molar-refractivity contribution is -0.0648. The van der Waals surface area contributed by atoms with E-state index in [9.17, 15) is 13.9 Å². The summed E-state index contributed by atoms with van der Waals surface area (Å²) in [5.74, 6) is -1.19. The minimum absolute atomic E-state index is 0.0190. The van der Waals surface area contributed by atoms with Gasteiger partial charge in [0.25, 0.3) is 0 Å². The molecule has 146 valence electrons. The SMILES string of the molecule is CNN1CCN([C@H](C)[C@](O)(Cn2cncn2)c2ccc(F)cc2F)CC1=N. The Hall–Kier alpha value is -2.43. The van der Waals surface area contributed by atoms with Crippen LogP contribution in [0.25, 0.3) is 0 Å². The van der Waals surface area contributed by atoms with Crippen LogP contribution in [0.2, 0.25) is 0 Å². The highest BCUT2D eigenvalue weighted by molar-refractivity contribution is 5.81. The van der Waals surface area contributed by atoms with E-state index in [1.165, 1.54) is 23.4 Å². The molecule has 0 spiro atoms. The van der Waals surface area contributed by atoms with Crippen molar-refractivity contribution in [2.24, 2.45) is 0 Å². The van der Waals surface area contributed by atoms with Crippen molar-refractivity contribution in [3.63, 3.8) is 0 Å². The highest BCUT2D eigenvalue weighted by atomic mass is 19.1. The summed E-state index contributed by atoms with van der Waals surface area (Å²) in [7, 11) is 1.74. The number of hydrogen-bond acceptors (Lipinski definition) is 6. The Labute approximate surface area is 155 Å². The number of rotatable bonds is 6. The second kappa shape index (κ2) is 7.67. The predicted molar refractivity (Wildman–Crippen MR) is 94.8 cm³/mol. The topological polar surface area (TPSA) is 93.3 Å². The van der Waals surface area contributed by atoms with Gasteiger partial charge < -0.3 is 5.11 Å². The summed E-state index contributed by atoms with van der Waals surface area (Å²) in [5.41, 5.74) is 1.21. The summed E-state index contributed by atoms with van der Waals surface area (Å²) in [5, 5.41) is 25.4. The van der Waals surface area contributed by atoms with Gasteiger partial charge in [-0.25, -0.2) is 23.9 Å². The fraction of sp³-hybridized carbons (Fsp3) is 0.471. The Bertz CT molecular complexity index is 801. The molecule has 3 rings (SSSR count). The van der Waals surface area contributed by atoms with Crippen LogP contribution in [0.1, 0.15) is 12.5 Å². The molecule has 27 heavy (non-hydrogen) atoms. The van der Waals surface area contributed by atoms with E-state index in [2.05, 4.69) is 15.5 Å². The minimum Gasteiger partial charge on any atom is -0.381 e. The van der Waals surface area contributed by atoms with E-state index < -0.39 is 23.3 Å². The smallest absolute Gasteiger partial charge is 0.137 e. The van der Waals surface area contributed by atoms with Gasteiger partial charge in [0.1, 0.15) is 35.7 Å². The van der Waals surface area contributed by atoms with Crippen LogP contribution in [0, 0.1) is 17.0 Å². The van der Waals surface area contributed by atoms with Gasteiger partial charge in [0.2, 0.25) is 0 Å². The molecule has 1 aromatic carbocycles. The molecule has 1 fully saturated rings. The predicted octanol–water partition coefficient (Wildman–Crippen LogP) is 0.562. The van der Waals surface area contributed by atoms with Gasteiger partial charge in [-0.05, 0) is 13.0 Å². The first-order valence-corrected chi connectivity index (χ1v) is 8.62. The molecule has 2 aromatic rings. The number of nitrogens with zero attached hydrogens (tertiary/aromatic N) is 5. The fourth-order valence-corrected chi connectivity index (χ4v) is 3.44. The molecule has 0 amide bonds. The fourth-order valence-electron chi connectivity index (χ4n) is 3.44. The first-order valence-electron chi connectivity index (χ1n) is 8.62. The van der Waals surface area contributed by atoms with Gasteiger partial charge in [-0.1, -0.05) is 6.07 Å². The zero-order valence-corrected chi connectivity index (χ0v) is 15.2. The lowest BCUT2D eigenvalue weighted by Gasteiger charge is -2.45. The average molecular weight is 379 g/mol. The minimum atomic E-state index is -1.70. The third-order valence-corrected chi connectivity index (χ3v) is 5.07. The molecular formula is C17H23F2N7O. The third-order valence-electron chi connectivity index (χ3n) is 5.07. The third kappa shape index (κ3) is 3.82. The lowest BCUT2D eigenvalue weighted by atomic mass is 9.85. The van der Waals surface area contributed by atoms with E-state index in [1.54, 1.807) is 19.0 Å². The van der Waals surface area contributed by atoms with Gasteiger partial charge in [-0.2, -0.15) is 5.10 Å². The Kier molecular flexibility index (Phi) is 5.49. The Morgan fingerprint density at radius 3 is 2.74 bits per heavy atom. The molecule has 0 aliphatic carbocycles. The average Bonchev–Trinajstić information content (AvgIpc) is 3.13. The second-order valence-corrected chi connectivity index (χ2v) is 6.61. The summed E-state index contributed by atoms with van der Waals surface area (Å²) in [4.78, 5) is 5.76. The normalized spacial score (nSPS) is 19.1. The highest BCUT2D eigenvalue weighted by Crippen LogP contribution is 2.33. The van der Waals surface area contributed by atoms with Crippen molar-refractivity contribution in [1.82, 2.24) is 30.1 Å². The summed E-state index contributed by atoms with van der Waals surface area (Å²) in [6.45, 7) is 3.10. The maximum absolute atomic E-state index is 14.6. The summed E-state index contributed by atoms with van der Waals surface area (Å²) < 4.78 is 29.4. The maximum Gasteiger partial charge on any atom is 0.137 e. The quantitative estimate of drug-likeness (QED) is 0.679. The summed E-state index contributed by atoms with van der Waals surface area (Å²) >= 11 is 0. The number of nitrogens with one attached hydrogen (secondary N) is 2. The van der Waals surface area contributed by atoms with Crippen molar-refractivity contribution < 1.29 is 13.9 Å². The van der Waals surface area contributed by atoms with Crippen LogP contribution in [-0.2, 0) is 12.1 Å². The molecular weight excluding hydrogens is 356 g/mol. The summed E-state index contributed by atoms with van der Waals surface area (Å²) in [6, 6.07) is 2.57. The highest BCUT2D eigenvalue weighted by Gasteiger charge is 2.43. The number of amidine groups is 1. The van der Waals surface area contributed by atoms with Crippen LogP contribution in [0.4, 0.5) is 8.78 Å². The van der Waals surface area contributed by atoms with Gasteiger partial charge in [0.05, 0.1) is 13.1 Å². The number of benzene rings is 1. The largest absolute Gasteiger partial charge is 0.381 e. The Balaban J connectivity index is 1.95. The molecule has 10 heteroatoms. The van der Waals surface area contributed by atoms with Gasteiger partial charge in [0.15, 0.2) is 0 Å². The van der Waals surface area contributed by atoms with Crippen LogP contribution >= 0.6 is 0 Å². The zero-order valence-electron chi connectivity index (χ0n) is 15.2. The molecule has 1 aromatic heterocycles. The van der Waals surface area contributed by atoms with Crippen molar-refractivity contribution in [1.29, 1.82) is 5.41 Å². The lowest BCUT2D eigenvalue weighted by Crippen LogP contribution is -2.61. The molecule has 1 saturated heterocycles. The standard InChI is InChI=1S/C17H23F2N7O/c1-12(24-5-6-26(21-2)16(20)8-24)17(27,9-25-11-22-10-23-25)14-4-3-13(18)7-15(14)19/h3-4,7,10-12,20-21,27H,5-6,8-9H2,1-2H3/t12-,17-/m1/s1. The van der Waals surface area contributed by atoms with Crippen LogP contribution < -0.4 is 5.43 Å². The van der Waals surface area contributed by atoms with Crippen LogP contribution in [0.3, 0.4) is 0 Å². The monoisotopic (exact) mass is 379 g/mol. The first kappa shape index (κ1) is 19.3. The van der Waals surface area contributed by atoms with Crippen LogP contribution in [-0.4, -0.2) is 68.3 Å². The molecule has 3 N–H and O–H groups in total. The molecule has 0 bridgehead atoms. The molecule has 8 nitrogen and oxygen atoms in total. The molecule has 0 radical (unpaired) electrons. The second-order valence-electron chi connectivity index (χ2n) is 6.61. The van der Waals surface area contributed by atoms with Gasteiger partial charge in [-0.3, -0.25) is 15.3 Å².